The predicted molar refractivity (Wildman–Crippen MR) is 164 cm³/mol. The number of cyclic esters (lactones) is 1. The van der Waals surface area contributed by atoms with Crippen molar-refractivity contribution < 1.29 is 39.4 Å². The van der Waals surface area contributed by atoms with Crippen LogP contribution in [0.15, 0.2) is 41.2 Å². The summed E-state index contributed by atoms with van der Waals surface area (Å²) in [5.41, 5.74) is -0.971. The Morgan fingerprint density at radius 2 is 1.84 bits per heavy atom. The van der Waals surface area contributed by atoms with Crippen molar-refractivity contribution in [1.29, 1.82) is 0 Å². The number of esters is 1. The van der Waals surface area contributed by atoms with Crippen molar-refractivity contribution >= 4 is 12.2 Å². The average molecular weight is 625 g/mol. The highest BCUT2D eigenvalue weighted by Crippen LogP contribution is 2.70. The number of rotatable bonds is 6. The Kier molecular flexibility index (Phi) is 8.02. The van der Waals surface area contributed by atoms with Gasteiger partial charge >= 0.3 is 5.97 Å². The molecule has 2 aliphatic heterocycles. The average Bonchev–Trinajstić information content (AvgIpc) is 3.56. The minimum Gasteiger partial charge on any atom is -0.458 e. The zero-order chi connectivity index (χ0) is 31.6. The SMILES string of the molecule is C[C@H]1O[C@@H](O[C@H]2CC[C@]3(C=NCc4ccncc4)[C@@H]4CC[C@]5(C)[C@H](C6=CC(=O)OC6)CC[C@]5(O)[C@H]4CC[C@@]3(O)C2)C[C@@H](O)[C@@H]1O. The highest BCUT2D eigenvalue weighted by molar-refractivity contribution is 5.85. The third-order valence-electron chi connectivity index (χ3n) is 13.0. The minimum absolute atomic E-state index is 0.0100. The van der Waals surface area contributed by atoms with Gasteiger partial charge in [-0.25, -0.2) is 4.79 Å². The molecule has 6 aliphatic rings. The first-order chi connectivity index (χ1) is 21.5. The van der Waals surface area contributed by atoms with Gasteiger partial charge in [-0.2, -0.15) is 0 Å². The molecule has 0 unspecified atom stereocenters. The Hall–Kier alpha value is -2.21. The van der Waals surface area contributed by atoms with Crippen molar-refractivity contribution in [3.05, 3.63) is 41.7 Å². The highest BCUT2D eigenvalue weighted by atomic mass is 16.7. The molecule has 0 amide bonds. The molecule has 10 heteroatoms. The van der Waals surface area contributed by atoms with Crippen molar-refractivity contribution in [2.24, 2.45) is 33.6 Å². The van der Waals surface area contributed by atoms with Crippen LogP contribution in [0.4, 0.5) is 0 Å². The molecule has 246 valence electrons. The van der Waals surface area contributed by atoms with Gasteiger partial charge in [-0.05, 0) is 99.3 Å². The molecule has 0 spiro atoms. The lowest BCUT2D eigenvalue weighted by atomic mass is 9.41. The summed E-state index contributed by atoms with van der Waals surface area (Å²) in [6.45, 7) is 4.73. The molecule has 0 radical (unpaired) electrons. The molecule has 1 saturated heterocycles. The van der Waals surface area contributed by atoms with Gasteiger partial charge < -0.3 is 34.6 Å². The maximum atomic E-state index is 12.7. The number of aliphatic hydroxyl groups excluding tert-OH is 2. The molecule has 0 bridgehead atoms. The topological polar surface area (TPSA) is 151 Å². The summed E-state index contributed by atoms with van der Waals surface area (Å²) in [5, 5.41) is 45.9. The second-order valence-electron chi connectivity index (χ2n) is 15.0. The van der Waals surface area contributed by atoms with E-state index in [1.807, 2.05) is 18.3 Å². The summed E-state index contributed by atoms with van der Waals surface area (Å²) in [4.78, 5) is 21.1. The van der Waals surface area contributed by atoms with Crippen LogP contribution in [0.2, 0.25) is 0 Å². The Bertz CT molecular complexity index is 1330. The van der Waals surface area contributed by atoms with Gasteiger partial charge in [0.05, 0.1) is 36.1 Å². The fraction of sp³-hybridized carbons (Fsp3) is 0.743. The number of hydrogen-bond donors (Lipinski definition) is 4. The minimum atomic E-state index is -1.09. The van der Waals surface area contributed by atoms with Crippen molar-refractivity contribution in [2.45, 2.75) is 127 Å². The van der Waals surface area contributed by atoms with Gasteiger partial charge in [0, 0.05) is 48.4 Å². The summed E-state index contributed by atoms with van der Waals surface area (Å²) in [5.74, 6) is -0.164. The van der Waals surface area contributed by atoms with Gasteiger partial charge in [-0.1, -0.05) is 6.92 Å². The largest absolute Gasteiger partial charge is 0.458 e. The van der Waals surface area contributed by atoms with Crippen LogP contribution >= 0.6 is 0 Å². The lowest BCUT2D eigenvalue weighted by Crippen LogP contribution is -2.69. The van der Waals surface area contributed by atoms with Gasteiger partial charge in [0.1, 0.15) is 12.7 Å². The van der Waals surface area contributed by atoms with Crippen LogP contribution in [0.25, 0.3) is 0 Å². The zero-order valence-electron chi connectivity index (χ0n) is 26.4. The normalized spacial score (nSPS) is 48.0. The third-order valence-corrected chi connectivity index (χ3v) is 13.0. The fourth-order valence-electron chi connectivity index (χ4n) is 10.6. The van der Waals surface area contributed by atoms with E-state index >= 15 is 0 Å². The van der Waals surface area contributed by atoms with E-state index in [2.05, 4.69) is 11.9 Å². The monoisotopic (exact) mass is 624 g/mol. The number of fused-ring (bicyclic) bond motifs is 5. The second-order valence-corrected chi connectivity index (χ2v) is 15.0. The molecule has 5 fully saturated rings. The van der Waals surface area contributed by atoms with Crippen LogP contribution in [0.3, 0.4) is 0 Å². The third kappa shape index (κ3) is 5.02. The summed E-state index contributed by atoms with van der Waals surface area (Å²) < 4.78 is 17.5. The lowest BCUT2D eigenvalue weighted by molar-refractivity contribution is -0.282. The molecule has 1 aromatic heterocycles. The maximum Gasteiger partial charge on any atom is 0.331 e. The summed E-state index contributed by atoms with van der Waals surface area (Å²) in [6.07, 6.45) is 10.2. The Morgan fingerprint density at radius 3 is 2.58 bits per heavy atom. The number of pyridine rings is 1. The summed E-state index contributed by atoms with van der Waals surface area (Å²) in [6, 6.07) is 3.90. The van der Waals surface area contributed by atoms with E-state index in [0.29, 0.717) is 51.7 Å². The number of aliphatic imine (C=N–C) groups is 1. The smallest absolute Gasteiger partial charge is 0.331 e. The molecular weight excluding hydrogens is 576 g/mol. The van der Waals surface area contributed by atoms with E-state index in [1.54, 1.807) is 25.4 Å². The van der Waals surface area contributed by atoms with Gasteiger partial charge in [0.2, 0.25) is 0 Å². The van der Waals surface area contributed by atoms with Crippen molar-refractivity contribution in [3.8, 4) is 0 Å². The summed E-state index contributed by atoms with van der Waals surface area (Å²) in [7, 11) is 0. The van der Waals surface area contributed by atoms with Crippen molar-refractivity contribution in [1.82, 2.24) is 4.98 Å². The first-order valence-electron chi connectivity index (χ1n) is 16.9. The van der Waals surface area contributed by atoms with E-state index in [-0.39, 0.29) is 41.7 Å². The van der Waals surface area contributed by atoms with Crippen molar-refractivity contribution in [3.63, 3.8) is 0 Å². The standard InChI is InChI=1S/C35H48N2O8/c1-21-31(40)28(38)16-30(44-21)45-24-3-10-33(20-37-18-22-7-13-36-14-8-22)26-4-9-32(2)25(23-15-29(39)43-19-23)6-12-35(32,42)27(26)5-11-34(33,41)17-24/h7-8,13-15,20-21,24-28,30-31,38,40-42H,3-6,9-12,16-19H2,1-2H3/t21-,24+,25+,26-,27+,28-,30+,31-,32-,33+,34-,35+/m1/s1. The Morgan fingerprint density at radius 1 is 1.07 bits per heavy atom. The summed E-state index contributed by atoms with van der Waals surface area (Å²) >= 11 is 0. The molecular formula is C35H48N2O8. The molecule has 45 heavy (non-hydrogen) atoms. The van der Waals surface area contributed by atoms with Gasteiger partial charge in [0.25, 0.3) is 0 Å². The zero-order valence-corrected chi connectivity index (χ0v) is 26.4. The maximum absolute atomic E-state index is 12.7. The first-order valence-corrected chi connectivity index (χ1v) is 16.9. The number of nitrogens with zero attached hydrogens (tertiary/aromatic N) is 2. The quantitative estimate of drug-likeness (QED) is 0.212. The first kappa shape index (κ1) is 31.4. The van der Waals surface area contributed by atoms with Gasteiger partial charge in [-0.3, -0.25) is 9.98 Å². The van der Waals surface area contributed by atoms with E-state index in [0.717, 1.165) is 30.4 Å². The number of hydrogen-bond acceptors (Lipinski definition) is 10. The molecule has 4 saturated carbocycles. The van der Waals surface area contributed by atoms with E-state index in [4.69, 9.17) is 19.2 Å². The number of ether oxygens (including phenoxy) is 3. The molecule has 4 N–H and O–H groups in total. The predicted octanol–water partition coefficient (Wildman–Crippen LogP) is 3.25. The van der Waals surface area contributed by atoms with Gasteiger partial charge in [-0.15, -0.1) is 0 Å². The van der Waals surface area contributed by atoms with Crippen LogP contribution in [-0.2, 0) is 25.5 Å². The Balaban J connectivity index is 1.17. The fourth-order valence-corrected chi connectivity index (χ4v) is 10.6. The number of carbonyl (C=O) groups is 1. The second kappa shape index (κ2) is 11.5. The molecule has 3 heterocycles. The molecule has 10 nitrogen and oxygen atoms in total. The van der Waals surface area contributed by atoms with Gasteiger partial charge in [0.15, 0.2) is 6.29 Å². The lowest BCUT2D eigenvalue weighted by Gasteiger charge is -2.66. The van der Waals surface area contributed by atoms with E-state index in [9.17, 15) is 25.2 Å². The van der Waals surface area contributed by atoms with E-state index in [1.165, 1.54) is 0 Å². The number of aliphatic hydroxyl groups is 4. The van der Waals surface area contributed by atoms with Crippen LogP contribution < -0.4 is 0 Å². The molecule has 7 rings (SSSR count). The van der Waals surface area contributed by atoms with Crippen LogP contribution in [0.1, 0.15) is 83.6 Å². The highest BCUT2D eigenvalue weighted by Gasteiger charge is 2.71. The number of carbonyl (C=O) groups excluding carboxylic acids is 1. The van der Waals surface area contributed by atoms with Crippen LogP contribution in [-0.4, -0.2) is 86.1 Å². The molecule has 1 aromatic rings. The number of aromatic nitrogens is 1. The van der Waals surface area contributed by atoms with Crippen molar-refractivity contribution in [2.75, 3.05) is 6.61 Å². The Labute approximate surface area is 264 Å². The molecule has 12 atom stereocenters. The van der Waals surface area contributed by atoms with E-state index < -0.39 is 41.2 Å². The molecule has 4 aliphatic carbocycles. The van der Waals surface area contributed by atoms with Crippen LogP contribution in [0.5, 0.6) is 0 Å². The van der Waals surface area contributed by atoms with Crippen LogP contribution in [0, 0.1) is 28.6 Å². The molecule has 0 aromatic carbocycles.